The Bertz CT molecular complexity index is 825. The van der Waals surface area contributed by atoms with Crippen LogP contribution in [-0.2, 0) is 9.47 Å². The molecule has 22 heavy (non-hydrogen) atoms. The van der Waals surface area contributed by atoms with Crippen LogP contribution in [-0.4, -0.2) is 36.9 Å². The molecule has 0 spiro atoms. The average Bonchev–Trinajstić information content (AvgIpc) is 2.88. The summed E-state index contributed by atoms with van der Waals surface area (Å²) in [4.78, 5) is 13.3. The molecule has 5 heteroatoms. The maximum Gasteiger partial charge on any atom is 0.340 e. The van der Waals surface area contributed by atoms with E-state index < -0.39 is 0 Å². The first kappa shape index (κ1) is 14.9. The predicted molar refractivity (Wildman–Crippen MR) is 88.8 cm³/mol. The van der Waals surface area contributed by atoms with E-state index in [1.54, 1.807) is 18.9 Å². The van der Waals surface area contributed by atoms with Crippen LogP contribution in [0.2, 0.25) is 0 Å². The van der Waals surface area contributed by atoms with Gasteiger partial charge in [0.25, 0.3) is 0 Å². The van der Waals surface area contributed by atoms with Gasteiger partial charge in [0.05, 0.1) is 30.3 Å². The fourth-order valence-electron chi connectivity index (χ4n) is 2.56. The van der Waals surface area contributed by atoms with Crippen LogP contribution in [0.1, 0.15) is 10.4 Å². The van der Waals surface area contributed by atoms with Crippen LogP contribution in [0, 0.1) is 0 Å². The minimum Gasteiger partial charge on any atom is -0.465 e. The summed E-state index contributed by atoms with van der Waals surface area (Å²) in [6.07, 6.45) is 2.06. The van der Waals surface area contributed by atoms with Crippen molar-refractivity contribution >= 4 is 34.2 Å². The Morgan fingerprint density at radius 3 is 2.73 bits per heavy atom. The maximum absolute atomic E-state index is 12.1. The molecule has 0 aliphatic heterocycles. The van der Waals surface area contributed by atoms with Gasteiger partial charge in [-0.25, -0.2) is 4.79 Å². The number of hydrogen-bond donors (Lipinski definition) is 0. The standard InChI is InChI=1S/C17H17NO3S/c1-20-9-10-22-12-7-8-15-16(17(19)21-2)13-5-3-4-6-14(13)18(15)11-12/h3-8,11H,9-10H2,1-2H3. The van der Waals surface area contributed by atoms with Gasteiger partial charge >= 0.3 is 5.97 Å². The monoisotopic (exact) mass is 315 g/mol. The Morgan fingerprint density at radius 1 is 1.14 bits per heavy atom. The zero-order valence-corrected chi connectivity index (χ0v) is 13.4. The molecule has 0 amide bonds. The van der Waals surface area contributed by atoms with Crippen LogP contribution in [0.4, 0.5) is 0 Å². The van der Waals surface area contributed by atoms with E-state index in [0.29, 0.717) is 12.2 Å². The van der Waals surface area contributed by atoms with Crippen LogP contribution >= 0.6 is 11.8 Å². The van der Waals surface area contributed by atoms with E-state index in [1.807, 2.05) is 36.4 Å². The molecule has 0 radical (unpaired) electrons. The Morgan fingerprint density at radius 2 is 1.95 bits per heavy atom. The number of hydrogen-bond acceptors (Lipinski definition) is 4. The molecule has 0 N–H and O–H groups in total. The Hall–Kier alpha value is -1.98. The van der Waals surface area contributed by atoms with Gasteiger partial charge in [-0.2, -0.15) is 0 Å². The third-order valence-electron chi connectivity index (χ3n) is 3.56. The Kier molecular flexibility index (Phi) is 4.36. The number of benzene rings is 1. The molecular formula is C17H17NO3S. The van der Waals surface area contributed by atoms with Crippen LogP contribution < -0.4 is 0 Å². The number of rotatable bonds is 5. The van der Waals surface area contributed by atoms with Crippen LogP contribution in [0.5, 0.6) is 0 Å². The highest BCUT2D eigenvalue weighted by Gasteiger charge is 2.18. The minimum atomic E-state index is -0.307. The van der Waals surface area contributed by atoms with Gasteiger partial charge in [0, 0.05) is 29.3 Å². The van der Waals surface area contributed by atoms with E-state index in [2.05, 4.69) is 10.6 Å². The summed E-state index contributed by atoms with van der Waals surface area (Å²) >= 11 is 1.73. The smallest absolute Gasteiger partial charge is 0.340 e. The van der Waals surface area contributed by atoms with Gasteiger partial charge in [-0.1, -0.05) is 18.2 Å². The van der Waals surface area contributed by atoms with Gasteiger partial charge in [0.2, 0.25) is 0 Å². The Labute approximate surface area is 133 Å². The normalized spacial score (nSPS) is 11.2. The molecule has 2 heterocycles. The van der Waals surface area contributed by atoms with Crippen molar-refractivity contribution in [2.75, 3.05) is 26.6 Å². The molecule has 0 unspecified atom stereocenters. The van der Waals surface area contributed by atoms with Crippen molar-refractivity contribution in [2.45, 2.75) is 4.90 Å². The van der Waals surface area contributed by atoms with Crippen molar-refractivity contribution < 1.29 is 14.3 Å². The fraction of sp³-hybridized carbons (Fsp3) is 0.235. The molecule has 0 aliphatic carbocycles. The third-order valence-corrected chi connectivity index (χ3v) is 4.50. The molecule has 1 aromatic carbocycles. The number of methoxy groups -OCH3 is 2. The molecule has 0 atom stereocenters. The highest BCUT2D eigenvalue weighted by atomic mass is 32.2. The quantitative estimate of drug-likeness (QED) is 0.409. The maximum atomic E-state index is 12.1. The number of ether oxygens (including phenoxy) is 2. The van der Waals surface area contributed by atoms with Crippen molar-refractivity contribution in [1.82, 2.24) is 4.40 Å². The molecule has 4 nitrogen and oxygen atoms in total. The number of esters is 1. The number of thioether (sulfide) groups is 1. The third kappa shape index (κ3) is 2.58. The lowest BCUT2D eigenvalue weighted by Gasteiger charge is -2.04. The topological polar surface area (TPSA) is 39.9 Å². The lowest BCUT2D eigenvalue weighted by molar-refractivity contribution is 0.0605. The van der Waals surface area contributed by atoms with E-state index in [0.717, 1.165) is 27.1 Å². The fourth-order valence-corrected chi connectivity index (χ4v) is 3.39. The van der Waals surface area contributed by atoms with E-state index in [1.165, 1.54) is 7.11 Å². The highest BCUT2D eigenvalue weighted by molar-refractivity contribution is 7.99. The first-order valence-electron chi connectivity index (χ1n) is 6.99. The molecule has 2 aromatic heterocycles. The largest absolute Gasteiger partial charge is 0.465 e. The summed E-state index contributed by atoms with van der Waals surface area (Å²) in [6, 6.07) is 11.9. The number of nitrogens with zero attached hydrogens (tertiary/aromatic N) is 1. The second-order valence-corrected chi connectivity index (χ2v) is 6.01. The zero-order chi connectivity index (χ0) is 15.5. The first-order valence-corrected chi connectivity index (χ1v) is 7.97. The zero-order valence-electron chi connectivity index (χ0n) is 12.5. The van der Waals surface area contributed by atoms with Crippen molar-refractivity contribution in [3.63, 3.8) is 0 Å². The van der Waals surface area contributed by atoms with Gasteiger partial charge in [-0.15, -0.1) is 11.8 Å². The summed E-state index contributed by atoms with van der Waals surface area (Å²) in [5.74, 6) is 0.587. The lowest BCUT2D eigenvalue weighted by Crippen LogP contribution is -2.01. The van der Waals surface area contributed by atoms with Gasteiger partial charge in [-0.05, 0) is 18.2 Å². The van der Waals surface area contributed by atoms with Crippen molar-refractivity contribution in [1.29, 1.82) is 0 Å². The van der Waals surface area contributed by atoms with Crippen molar-refractivity contribution in [3.8, 4) is 0 Å². The average molecular weight is 315 g/mol. The number of fused-ring (bicyclic) bond motifs is 3. The van der Waals surface area contributed by atoms with Crippen LogP contribution in [0.15, 0.2) is 47.5 Å². The van der Waals surface area contributed by atoms with Crippen LogP contribution in [0.3, 0.4) is 0 Å². The number of aromatic nitrogens is 1. The lowest BCUT2D eigenvalue weighted by atomic mass is 10.1. The Balaban J connectivity index is 2.16. The molecule has 0 saturated carbocycles. The summed E-state index contributed by atoms with van der Waals surface area (Å²) in [6.45, 7) is 0.711. The summed E-state index contributed by atoms with van der Waals surface area (Å²) < 4.78 is 12.1. The van der Waals surface area contributed by atoms with Gasteiger partial charge in [-0.3, -0.25) is 0 Å². The summed E-state index contributed by atoms with van der Waals surface area (Å²) in [7, 11) is 3.11. The molecule has 114 valence electrons. The molecular weight excluding hydrogens is 298 g/mol. The summed E-state index contributed by atoms with van der Waals surface area (Å²) in [5, 5.41) is 0.911. The van der Waals surface area contributed by atoms with E-state index in [9.17, 15) is 4.79 Å². The molecule has 0 fully saturated rings. The number of carbonyl (C=O) groups is 1. The van der Waals surface area contributed by atoms with Gasteiger partial charge < -0.3 is 13.9 Å². The number of pyridine rings is 1. The molecule has 3 rings (SSSR count). The predicted octanol–water partition coefficient (Wildman–Crippen LogP) is 3.62. The molecule has 3 aromatic rings. The number of carbonyl (C=O) groups excluding carboxylic acids is 1. The highest BCUT2D eigenvalue weighted by Crippen LogP contribution is 2.29. The van der Waals surface area contributed by atoms with Crippen LogP contribution in [0.25, 0.3) is 16.4 Å². The second-order valence-electron chi connectivity index (χ2n) is 4.85. The van der Waals surface area contributed by atoms with Gasteiger partial charge in [0.15, 0.2) is 0 Å². The minimum absolute atomic E-state index is 0.307. The van der Waals surface area contributed by atoms with Gasteiger partial charge in [0.1, 0.15) is 0 Å². The SMILES string of the molecule is COCCSc1ccc2c(C(=O)OC)c3ccccc3n2c1. The molecule has 0 aliphatic rings. The molecule has 0 saturated heterocycles. The number of para-hydroxylation sites is 1. The van der Waals surface area contributed by atoms with E-state index in [4.69, 9.17) is 9.47 Å². The second kappa shape index (κ2) is 6.42. The van der Waals surface area contributed by atoms with Crippen molar-refractivity contribution in [2.24, 2.45) is 0 Å². The van der Waals surface area contributed by atoms with E-state index >= 15 is 0 Å². The molecule has 0 bridgehead atoms. The summed E-state index contributed by atoms with van der Waals surface area (Å²) in [5.41, 5.74) is 2.49. The van der Waals surface area contributed by atoms with Crippen molar-refractivity contribution in [3.05, 3.63) is 48.2 Å². The van der Waals surface area contributed by atoms with E-state index in [-0.39, 0.29) is 5.97 Å². The first-order chi connectivity index (χ1) is 10.8.